The molecule has 8 heteroatoms. The minimum atomic E-state index is -1.04. The molecule has 0 amide bonds. The maximum Gasteiger partial charge on any atom is 0.352 e. The van der Waals surface area contributed by atoms with Crippen molar-refractivity contribution < 1.29 is 19.4 Å². The molecular weight excluding hydrogens is 348 g/mol. The van der Waals surface area contributed by atoms with Crippen LogP contribution >= 0.6 is 0 Å². The monoisotopic (exact) mass is 368 g/mol. The van der Waals surface area contributed by atoms with Gasteiger partial charge in [0, 0.05) is 0 Å². The van der Waals surface area contributed by atoms with E-state index in [4.69, 9.17) is 9.47 Å². The van der Waals surface area contributed by atoms with Gasteiger partial charge >= 0.3 is 5.97 Å². The molecule has 0 spiro atoms. The molecule has 1 aliphatic heterocycles. The van der Waals surface area contributed by atoms with Gasteiger partial charge in [-0.25, -0.2) is 14.8 Å². The van der Waals surface area contributed by atoms with E-state index >= 15 is 0 Å². The molecule has 0 unspecified atom stereocenters. The second-order valence-electron chi connectivity index (χ2n) is 6.74. The molecule has 1 atom stereocenters. The molecule has 0 saturated carbocycles. The Hall–Kier alpha value is -3.29. The maximum atomic E-state index is 11.2. The van der Waals surface area contributed by atoms with Crippen LogP contribution in [-0.2, 0) is 0 Å². The minimum Gasteiger partial charge on any atom is -0.486 e. The van der Waals surface area contributed by atoms with Gasteiger partial charge in [0.15, 0.2) is 11.5 Å². The number of aromatic nitrogens is 3. The predicted molar refractivity (Wildman–Crippen MR) is 99.5 cm³/mol. The van der Waals surface area contributed by atoms with Crippen molar-refractivity contribution in [2.75, 3.05) is 18.5 Å². The topological polar surface area (TPSA) is 109 Å². The van der Waals surface area contributed by atoms with Crippen molar-refractivity contribution in [1.82, 2.24) is 15.0 Å². The average molecular weight is 368 g/mol. The highest BCUT2D eigenvalue weighted by atomic mass is 16.6. The Labute approximate surface area is 155 Å². The van der Waals surface area contributed by atoms with Gasteiger partial charge in [0.1, 0.15) is 36.7 Å². The van der Waals surface area contributed by atoms with Crippen LogP contribution in [0.2, 0.25) is 0 Å². The van der Waals surface area contributed by atoms with Crippen LogP contribution in [0.5, 0.6) is 11.5 Å². The third-order valence-electron chi connectivity index (χ3n) is 4.54. The van der Waals surface area contributed by atoms with Crippen molar-refractivity contribution in [2.24, 2.45) is 5.92 Å². The van der Waals surface area contributed by atoms with Crippen LogP contribution in [0.25, 0.3) is 11.0 Å². The number of aromatic carboxylic acids is 1. The van der Waals surface area contributed by atoms with Crippen molar-refractivity contribution in [3.8, 4) is 11.5 Å². The standard InChI is InChI=1S/C19H20N4O4/c1-10(2)16(11-3-4-14-15(7-11)27-6-5-26-14)23-18-12-8-13(19(24)25)22-17(12)20-9-21-18/h3-4,7-10,16H,5-6H2,1-2H3,(H,24,25)(H2,20,21,22,23)/t16-/m1/s1. The zero-order valence-corrected chi connectivity index (χ0v) is 15.0. The number of aromatic amines is 1. The Morgan fingerprint density at radius 2 is 1.96 bits per heavy atom. The van der Waals surface area contributed by atoms with Gasteiger partial charge in [0.2, 0.25) is 0 Å². The lowest BCUT2D eigenvalue weighted by Gasteiger charge is -2.26. The number of carboxylic acids is 1. The molecule has 2 aromatic heterocycles. The number of nitrogens with zero attached hydrogens (tertiary/aromatic N) is 2. The lowest BCUT2D eigenvalue weighted by Crippen LogP contribution is -2.19. The smallest absolute Gasteiger partial charge is 0.352 e. The Balaban J connectivity index is 1.70. The lowest BCUT2D eigenvalue weighted by molar-refractivity contribution is 0.0691. The minimum absolute atomic E-state index is 0.0536. The first-order chi connectivity index (χ1) is 13.0. The summed E-state index contributed by atoms with van der Waals surface area (Å²) in [5.41, 5.74) is 1.60. The molecule has 140 valence electrons. The molecule has 0 saturated heterocycles. The second-order valence-corrected chi connectivity index (χ2v) is 6.74. The van der Waals surface area contributed by atoms with E-state index < -0.39 is 5.97 Å². The molecule has 1 aliphatic rings. The van der Waals surface area contributed by atoms with Gasteiger partial charge in [-0.15, -0.1) is 0 Å². The van der Waals surface area contributed by atoms with E-state index in [0.717, 1.165) is 17.1 Å². The fourth-order valence-corrected chi connectivity index (χ4v) is 3.21. The maximum absolute atomic E-state index is 11.2. The number of carbonyl (C=O) groups is 1. The molecule has 3 aromatic rings. The summed E-state index contributed by atoms with van der Waals surface area (Å²) in [6.45, 7) is 5.29. The molecule has 0 radical (unpaired) electrons. The molecule has 0 fully saturated rings. The fraction of sp³-hybridized carbons (Fsp3) is 0.316. The Kier molecular flexibility index (Phi) is 4.31. The average Bonchev–Trinajstić information content (AvgIpc) is 3.11. The number of carboxylic acid groups (broad SMARTS) is 1. The SMILES string of the molecule is CC(C)[C@@H](Nc1ncnc2[nH]c(C(=O)O)cc12)c1ccc2c(c1)OCCO2. The van der Waals surface area contributed by atoms with E-state index in [0.29, 0.717) is 30.1 Å². The molecule has 8 nitrogen and oxygen atoms in total. The van der Waals surface area contributed by atoms with Gasteiger partial charge < -0.3 is 24.9 Å². The molecule has 27 heavy (non-hydrogen) atoms. The number of fused-ring (bicyclic) bond motifs is 2. The lowest BCUT2D eigenvalue weighted by atomic mass is 9.95. The highest BCUT2D eigenvalue weighted by molar-refractivity contribution is 5.96. The van der Waals surface area contributed by atoms with Crippen LogP contribution in [0, 0.1) is 5.92 Å². The summed E-state index contributed by atoms with van der Waals surface area (Å²) in [5.74, 6) is 1.27. The summed E-state index contributed by atoms with van der Waals surface area (Å²) in [7, 11) is 0. The Morgan fingerprint density at radius 3 is 2.70 bits per heavy atom. The summed E-state index contributed by atoms with van der Waals surface area (Å²) in [5, 5.41) is 13.3. The number of hydrogen-bond acceptors (Lipinski definition) is 6. The Bertz CT molecular complexity index is 999. The third kappa shape index (κ3) is 3.25. The first kappa shape index (κ1) is 17.1. The highest BCUT2D eigenvalue weighted by Gasteiger charge is 2.22. The van der Waals surface area contributed by atoms with E-state index in [9.17, 15) is 9.90 Å². The number of H-pyrrole nitrogens is 1. The number of ether oxygens (including phenoxy) is 2. The number of benzene rings is 1. The van der Waals surface area contributed by atoms with Crippen molar-refractivity contribution in [3.63, 3.8) is 0 Å². The van der Waals surface area contributed by atoms with Crippen molar-refractivity contribution in [3.05, 3.63) is 41.9 Å². The largest absolute Gasteiger partial charge is 0.486 e. The number of hydrogen-bond donors (Lipinski definition) is 3. The second kappa shape index (κ2) is 6.79. The van der Waals surface area contributed by atoms with Crippen molar-refractivity contribution in [1.29, 1.82) is 0 Å². The zero-order chi connectivity index (χ0) is 19.0. The summed E-state index contributed by atoms with van der Waals surface area (Å²) >= 11 is 0. The van der Waals surface area contributed by atoms with Gasteiger partial charge in [-0.2, -0.15) is 0 Å². The zero-order valence-electron chi connectivity index (χ0n) is 15.0. The quantitative estimate of drug-likeness (QED) is 0.634. The van der Waals surface area contributed by atoms with E-state index in [-0.39, 0.29) is 17.7 Å². The normalized spacial score (nSPS) is 14.3. The number of nitrogens with one attached hydrogen (secondary N) is 2. The van der Waals surface area contributed by atoms with Crippen LogP contribution < -0.4 is 14.8 Å². The van der Waals surface area contributed by atoms with Crippen LogP contribution in [0.1, 0.15) is 35.9 Å². The molecule has 0 bridgehead atoms. The van der Waals surface area contributed by atoms with Gasteiger partial charge in [-0.05, 0) is 29.7 Å². The van der Waals surface area contributed by atoms with Gasteiger partial charge in [0.25, 0.3) is 0 Å². The summed E-state index contributed by atoms with van der Waals surface area (Å²) in [6.07, 6.45) is 1.41. The molecular formula is C19H20N4O4. The van der Waals surface area contributed by atoms with E-state index in [1.165, 1.54) is 6.33 Å². The van der Waals surface area contributed by atoms with Gasteiger partial charge in [0.05, 0.1) is 11.4 Å². The van der Waals surface area contributed by atoms with Crippen LogP contribution in [0.4, 0.5) is 5.82 Å². The fourth-order valence-electron chi connectivity index (χ4n) is 3.21. The third-order valence-corrected chi connectivity index (χ3v) is 4.54. The van der Waals surface area contributed by atoms with Crippen LogP contribution in [0.3, 0.4) is 0 Å². The summed E-state index contributed by atoms with van der Waals surface area (Å²) in [4.78, 5) is 22.5. The van der Waals surface area contributed by atoms with Gasteiger partial charge in [-0.1, -0.05) is 19.9 Å². The van der Waals surface area contributed by atoms with Crippen molar-refractivity contribution in [2.45, 2.75) is 19.9 Å². The highest BCUT2D eigenvalue weighted by Crippen LogP contribution is 2.36. The molecule has 3 heterocycles. The Morgan fingerprint density at radius 1 is 1.19 bits per heavy atom. The van der Waals surface area contributed by atoms with E-state index in [2.05, 4.69) is 34.1 Å². The molecule has 3 N–H and O–H groups in total. The summed E-state index contributed by atoms with van der Waals surface area (Å²) in [6, 6.07) is 7.38. The van der Waals surface area contributed by atoms with E-state index in [1.807, 2.05) is 18.2 Å². The molecule has 1 aromatic carbocycles. The van der Waals surface area contributed by atoms with E-state index in [1.54, 1.807) is 6.07 Å². The predicted octanol–water partition coefficient (Wildman–Crippen LogP) is 3.24. The number of anilines is 1. The van der Waals surface area contributed by atoms with Gasteiger partial charge in [-0.3, -0.25) is 0 Å². The first-order valence-electron chi connectivity index (χ1n) is 8.76. The van der Waals surface area contributed by atoms with Crippen LogP contribution in [0.15, 0.2) is 30.6 Å². The molecule has 4 rings (SSSR count). The molecule has 0 aliphatic carbocycles. The van der Waals surface area contributed by atoms with Crippen LogP contribution in [-0.4, -0.2) is 39.2 Å². The first-order valence-corrected chi connectivity index (χ1v) is 8.76. The summed E-state index contributed by atoms with van der Waals surface area (Å²) < 4.78 is 11.3. The van der Waals surface area contributed by atoms with Crippen molar-refractivity contribution >= 4 is 22.8 Å². The number of rotatable bonds is 5.